The lowest BCUT2D eigenvalue weighted by atomic mass is 9.34. The van der Waals surface area contributed by atoms with Crippen molar-refractivity contribution >= 4 is 6.29 Å². The van der Waals surface area contributed by atoms with Gasteiger partial charge in [0.05, 0.1) is 0 Å². The van der Waals surface area contributed by atoms with E-state index in [1.165, 1.54) is 62.6 Å². The number of nitrogens with zero attached hydrogens (tertiary/aromatic N) is 1. The summed E-state index contributed by atoms with van der Waals surface area (Å²) in [7, 11) is 0. The van der Waals surface area contributed by atoms with Crippen molar-refractivity contribution in [2.45, 2.75) is 105 Å². The van der Waals surface area contributed by atoms with Crippen LogP contribution in [0.2, 0.25) is 0 Å². The van der Waals surface area contributed by atoms with Crippen LogP contribution in [0.1, 0.15) is 115 Å². The molecule has 0 bridgehead atoms. The maximum atomic E-state index is 11.6. The van der Waals surface area contributed by atoms with Gasteiger partial charge in [0.1, 0.15) is 0 Å². The van der Waals surface area contributed by atoms with Crippen molar-refractivity contribution in [2.75, 3.05) is 0 Å². The second kappa shape index (κ2) is 7.30. The normalized spacial score (nSPS) is 46.6. The number of allylic oxidation sites excluding steroid dienone is 2. The van der Waals surface area contributed by atoms with E-state index >= 15 is 0 Å². The Morgan fingerprint density at radius 1 is 1.00 bits per heavy atom. The predicted octanol–water partition coefficient (Wildman–Crippen LogP) is 7.95. The van der Waals surface area contributed by atoms with Crippen LogP contribution < -0.4 is 0 Å². The first-order chi connectivity index (χ1) is 16.1. The maximum absolute atomic E-state index is 11.6. The fraction of sp³-hybridized carbons (Fsp3) is 0.750. The van der Waals surface area contributed by atoms with Gasteiger partial charge in [0.15, 0.2) is 6.29 Å². The van der Waals surface area contributed by atoms with E-state index in [-0.39, 0.29) is 10.8 Å². The minimum absolute atomic E-state index is 0.0471. The zero-order valence-electron chi connectivity index (χ0n) is 22.4. The summed E-state index contributed by atoms with van der Waals surface area (Å²) in [5.74, 6) is 3.95. The number of fused-ring (bicyclic) bond motifs is 8. The average molecular weight is 460 g/mol. The van der Waals surface area contributed by atoms with Crippen LogP contribution in [0.15, 0.2) is 23.9 Å². The Kier molecular flexibility index (Phi) is 4.93. The molecule has 0 aromatic carbocycles. The summed E-state index contributed by atoms with van der Waals surface area (Å²) in [6.45, 7) is 15.4. The fourth-order valence-electron chi connectivity index (χ4n) is 11.0. The van der Waals surface area contributed by atoms with Crippen LogP contribution in [-0.2, 0) is 11.8 Å². The zero-order valence-corrected chi connectivity index (χ0v) is 22.4. The Balaban J connectivity index is 1.46. The highest BCUT2D eigenvalue weighted by atomic mass is 16.1. The molecule has 1 aromatic rings. The average Bonchev–Trinajstić information content (AvgIpc) is 2.78. The van der Waals surface area contributed by atoms with Crippen LogP contribution in [0.4, 0.5) is 0 Å². The zero-order chi connectivity index (χ0) is 24.1. The number of rotatable bonds is 1. The van der Waals surface area contributed by atoms with Crippen molar-refractivity contribution < 1.29 is 4.79 Å². The molecule has 0 saturated heterocycles. The molecule has 184 valence electrons. The molecular formula is C32H45NO. The van der Waals surface area contributed by atoms with Gasteiger partial charge in [-0.15, -0.1) is 0 Å². The molecule has 2 nitrogen and oxygen atoms in total. The minimum Gasteiger partial charge on any atom is -0.298 e. The van der Waals surface area contributed by atoms with Crippen molar-refractivity contribution in [2.24, 2.45) is 45.8 Å². The van der Waals surface area contributed by atoms with Gasteiger partial charge in [0.25, 0.3) is 0 Å². The Morgan fingerprint density at radius 3 is 2.56 bits per heavy atom. The van der Waals surface area contributed by atoms with E-state index in [9.17, 15) is 4.79 Å². The summed E-state index contributed by atoms with van der Waals surface area (Å²) in [6, 6.07) is 2.16. The largest absolute Gasteiger partial charge is 0.298 e. The van der Waals surface area contributed by atoms with Crippen molar-refractivity contribution in [1.82, 2.24) is 4.98 Å². The van der Waals surface area contributed by atoms with Crippen molar-refractivity contribution in [3.05, 3.63) is 40.7 Å². The van der Waals surface area contributed by atoms with Gasteiger partial charge in [0.2, 0.25) is 0 Å². The van der Waals surface area contributed by atoms with E-state index < -0.39 is 0 Å². The second-order valence-electron chi connectivity index (χ2n) is 14.3. The van der Waals surface area contributed by atoms with E-state index in [4.69, 9.17) is 4.98 Å². The first-order valence-corrected chi connectivity index (χ1v) is 14.2. The number of pyridine rings is 1. The molecule has 8 atom stereocenters. The van der Waals surface area contributed by atoms with Gasteiger partial charge < -0.3 is 0 Å². The summed E-state index contributed by atoms with van der Waals surface area (Å²) in [4.78, 5) is 16.5. The highest BCUT2D eigenvalue weighted by molar-refractivity contribution is 5.74. The number of aromatic nitrogens is 1. The van der Waals surface area contributed by atoms with E-state index in [2.05, 4.69) is 53.7 Å². The van der Waals surface area contributed by atoms with Gasteiger partial charge in [0, 0.05) is 22.9 Å². The highest BCUT2D eigenvalue weighted by Gasteiger charge is 2.66. The number of carbonyl (C=O) groups excluding carboxylic acids is 1. The Morgan fingerprint density at radius 2 is 1.79 bits per heavy atom. The molecule has 6 rings (SSSR count). The van der Waals surface area contributed by atoms with Crippen molar-refractivity contribution in [3.8, 4) is 0 Å². The van der Waals surface area contributed by atoms with Gasteiger partial charge >= 0.3 is 0 Å². The lowest BCUT2D eigenvalue weighted by molar-refractivity contribution is -0.152. The molecule has 0 spiro atoms. The predicted molar refractivity (Wildman–Crippen MR) is 139 cm³/mol. The lowest BCUT2D eigenvalue weighted by Gasteiger charge is -2.70. The Bertz CT molecular complexity index is 1050. The van der Waals surface area contributed by atoms with Gasteiger partial charge in [-0.05, 0) is 102 Å². The number of carbonyl (C=O) groups is 1. The van der Waals surface area contributed by atoms with E-state index in [1.54, 1.807) is 6.20 Å². The van der Waals surface area contributed by atoms with Crippen LogP contribution >= 0.6 is 0 Å². The number of aldehydes is 1. The van der Waals surface area contributed by atoms with Gasteiger partial charge in [-0.25, -0.2) is 0 Å². The third-order valence-electron chi connectivity index (χ3n) is 12.7. The molecule has 0 aliphatic heterocycles. The van der Waals surface area contributed by atoms with Gasteiger partial charge in [-0.2, -0.15) is 0 Å². The quantitative estimate of drug-likeness (QED) is 0.315. The molecule has 3 saturated carbocycles. The number of hydrogen-bond donors (Lipinski definition) is 0. The SMILES string of the molecule is C[C@H]1CCC[C@H]2CC[C@]3(C)C(=CC[C@@H]4[C@@]5(C)Cc6cc(C=O)cnc6C(C)(C)[C@@H]5CC[C@]43C)[C@H]21. The van der Waals surface area contributed by atoms with Gasteiger partial charge in [-0.3, -0.25) is 9.78 Å². The molecule has 5 aliphatic carbocycles. The first kappa shape index (κ1) is 23.0. The molecule has 3 fully saturated rings. The Labute approximate surface area is 207 Å². The van der Waals surface area contributed by atoms with E-state index in [0.29, 0.717) is 22.7 Å². The summed E-state index contributed by atoms with van der Waals surface area (Å²) in [5.41, 5.74) is 6.17. The number of hydrogen-bond acceptors (Lipinski definition) is 2. The van der Waals surface area contributed by atoms with Crippen LogP contribution in [0.5, 0.6) is 0 Å². The topological polar surface area (TPSA) is 30.0 Å². The van der Waals surface area contributed by atoms with E-state index in [1.807, 2.05) is 5.57 Å². The highest BCUT2D eigenvalue weighted by Crippen LogP contribution is 2.73. The molecule has 2 heteroatoms. The van der Waals surface area contributed by atoms with Crippen molar-refractivity contribution in [1.29, 1.82) is 0 Å². The molecule has 1 heterocycles. The molecule has 0 unspecified atom stereocenters. The molecule has 0 radical (unpaired) electrons. The standard InChI is InChI=1S/C32H45NO/c1-20-8-7-9-22-12-14-31(5)24(27(20)22)10-11-26-30(4)17-23-16-21(19-34)18-33-28(23)29(2,3)25(30)13-15-32(26,31)6/h10,16,18-20,22,25-27H,7-9,11-15,17H2,1-6H3/t20-,22-,25-,26+,27-,30-,31+,32+/m0/s1. The van der Waals surface area contributed by atoms with Crippen LogP contribution in [0, 0.1) is 45.8 Å². The minimum atomic E-state index is 0.0471. The summed E-state index contributed by atoms with van der Waals surface area (Å²) < 4.78 is 0. The second-order valence-corrected chi connectivity index (χ2v) is 14.3. The molecule has 5 aliphatic rings. The van der Waals surface area contributed by atoms with Gasteiger partial charge in [-0.1, -0.05) is 66.0 Å². The molecule has 0 amide bonds. The molecule has 34 heavy (non-hydrogen) atoms. The van der Waals surface area contributed by atoms with Crippen LogP contribution in [0.3, 0.4) is 0 Å². The molecule has 0 N–H and O–H groups in total. The lowest BCUT2D eigenvalue weighted by Crippen LogP contribution is -2.63. The summed E-state index contributed by atoms with van der Waals surface area (Å²) in [5, 5.41) is 0. The molecular weight excluding hydrogens is 414 g/mol. The van der Waals surface area contributed by atoms with Crippen LogP contribution in [-0.4, -0.2) is 11.3 Å². The summed E-state index contributed by atoms with van der Waals surface area (Å²) >= 11 is 0. The monoisotopic (exact) mass is 459 g/mol. The molecule has 1 aromatic heterocycles. The van der Waals surface area contributed by atoms with Crippen LogP contribution in [0.25, 0.3) is 0 Å². The fourth-order valence-corrected chi connectivity index (χ4v) is 11.0. The first-order valence-electron chi connectivity index (χ1n) is 14.2. The van der Waals surface area contributed by atoms with E-state index in [0.717, 1.165) is 36.0 Å². The third kappa shape index (κ3) is 2.75. The van der Waals surface area contributed by atoms with Crippen molar-refractivity contribution in [3.63, 3.8) is 0 Å². The Hall–Kier alpha value is -1.44. The smallest absolute Gasteiger partial charge is 0.151 e. The third-order valence-corrected chi connectivity index (χ3v) is 12.7. The summed E-state index contributed by atoms with van der Waals surface area (Å²) in [6.07, 6.45) is 17.7. The maximum Gasteiger partial charge on any atom is 0.151 e.